The highest BCUT2D eigenvalue weighted by molar-refractivity contribution is 5.89. The molecule has 0 radical (unpaired) electrons. The quantitative estimate of drug-likeness (QED) is 0.746. The van der Waals surface area contributed by atoms with Crippen LogP contribution >= 0.6 is 0 Å². The van der Waals surface area contributed by atoms with Gasteiger partial charge in [-0.15, -0.1) is 0 Å². The van der Waals surface area contributed by atoms with Crippen LogP contribution in [0.5, 0.6) is 0 Å². The van der Waals surface area contributed by atoms with Gasteiger partial charge in [-0.2, -0.15) is 0 Å². The summed E-state index contributed by atoms with van der Waals surface area (Å²) in [5, 5.41) is 2.69. The van der Waals surface area contributed by atoms with E-state index in [1.54, 1.807) is 12.3 Å². The van der Waals surface area contributed by atoms with E-state index in [2.05, 4.69) is 10.3 Å². The molecule has 1 aromatic rings. The molecule has 1 aromatic heterocycles. The maximum absolute atomic E-state index is 11.1. The number of nitrogens with zero attached hydrogens (tertiary/aromatic N) is 1. The zero-order valence-electron chi connectivity index (χ0n) is 7.08. The van der Waals surface area contributed by atoms with E-state index >= 15 is 0 Å². The second kappa shape index (κ2) is 4.49. The first-order valence-electron chi connectivity index (χ1n) is 4.04. The van der Waals surface area contributed by atoms with Crippen molar-refractivity contribution >= 4 is 11.7 Å². The van der Waals surface area contributed by atoms with E-state index in [0.29, 0.717) is 12.2 Å². The van der Waals surface area contributed by atoms with Crippen LogP contribution in [0.15, 0.2) is 24.4 Å². The fourth-order valence-electron chi connectivity index (χ4n) is 0.869. The SMILES string of the molecule is CCCC(=O)Nc1ccccn1.[HH]. The number of carbonyl (C=O) groups excluding carboxylic acids is 1. The molecule has 1 N–H and O–H groups in total. The van der Waals surface area contributed by atoms with Crippen molar-refractivity contribution < 1.29 is 6.22 Å². The van der Waals surface area contributed by atoms with Crippen LogP contribution in [-0.2, 0) is 4.79 Å². The van der Waals surface area contributed by atoms with Gasteiger partial charge in [0.05, 0.1) is 0 Å². The standard InChI is InChI=1S/C9H12N2O.H2/c1-2-5-9(12)11-8-6-3-4-7-10-8;/h3-4,6-7H,2,5H2,1H3,(H,10,11,12);1H. The molecule has 0 aliphatic heterocycles. The number of rotatable bonds is 3. The Morgan fingerprint density at radius 3 is 3.08 bits per heavy atom. The monoisotopic (exact) mass is 166 g/mol. The van der Waals surface area contributed by atoms with Gasteiger partial charge in [0.2, 0.25) is 5.91 Å². The number of pyridine rings is 1. The summed E-state index contributed by atoms with van der Waals surface area (Å²) in [7, 11) is 0. The third-order valence-electron chi connectivity index (χ3n) is 1.41. The third kappa shape index (κ3) is 2.70. The summed E-state index contributed by atoms with van der Waals surface area (Å²) in [4.78, 5) is 15.0. The molecule has 0 unspecified atom stereocenters. The Kier molecular flexibility index (Phi) is 3.26. The lowest BCUT2D eigenvalue weighted by Gasteiger charge is -2.01. The summed E-state index contributed by atoms with van der Waals surface area (Å²) >= 11 is 0. The van der Waals surface area contributed by atoms with Crippen molar-refractivity contribution in [2.75, 3.05) is 5.32 Å². The predicted octanol–water partition coefficient (Wildman–Crippen LogP) is 2.07. The molecule has 1 rings (SSSR count). The Morgan fingerprint density at radius 1 is 1.67 bits per heavy atom. The molecule has 3 heteroatoms. The molecule has 12 heavy (non-hydrogen) atoms. The Hall–Kier alpha value is -1.38. The molecule has 0 saturated carbocycles. The molecule has 0 saturated heterocycles. The highest BCUT2D eigenvalue weighted by atomic mass is 16.1. The lowest BCUT2D eigenvalue weighted by Crippen LogP contribution is -2.11. The largest absolute Gasteiger partial charge is 0.311 e. The molecule has 0 atom stereocenters. The number of nitrogens with one attached hydrogen (secondary N) is 1. The summed E-state index contributed by atoms with van der Waals surface area (Å²) in [6.45, 7) is 1.97. The predicted molar refractivity (Wildman–Crippen MR) is 49.9 cm³/mol. The molecule has 1 amide bonds. The van der Waals surface area contributed by atoms with E-state index in [1.807, 2.05) is 19.1 Å². The summed E-state index contributed by atoms with van der Waals surface area (Å²) in [5.41, 5.74) is 0. The van der Waals surface area contributed by atoms with Crippen LogP contribution in [0.2, 0.25) is 0 Å². The van der Waals surface area contributed by atoms with Crippen molar-refractivity contribution in [3.05, 3.63) is 24.4 Å². The average Bonchev–Trinajstić information content (AvgIpc) is 2.06. The van der Waals surface area contributed by atoms with Gasteiger partial charge in [0, 0.05) is 14.0 Å². The fraction of sp³-hybridized carbons (Fsp3) is 0.333. The highest BCUT2D eigenvalue weighted by Crippen LogP contribution is 2.00. The van der Waals surface area contributed by atoms with Crippen LogP contribution < -0.4 is 5.32 Å². The number of hydrogen-bond donors (Lipinski definition) is 1. The summed E-state index contributed by atoms with van der Waals surface area (Å²) in [5.74, 6) is 0.646. The molecule has 1 heterocycles. The zero-order valence-corrected chi connectivity index (χ0v) is 7.08. The van der Waals surface area contributed by atoms with Gasteiger partial charge >= 0.3 is 0 Å². The Bertz CT molecular complexity index is 251. The average molecular weight is 166 g/mol. The van der Waals surface area contributed by atoms with E-state index < -0.39 is 0 Å². The normalized spacial score (nSPS) is 9.42. The molecular weight excluding hydrogens is 152 g/mol. The maximum atomic E-state index is 11.1. The molecule has 0 aliphatic carbocycles. The second-order valence-corrected chi connectivity index (χ2v) is 2.51. The Labute approximate surface area is 73.3 Å². The first kappa shape index (κ1) is 8.71. The van der Waals surface area contributed by atoms with Crippen LogP contribution in [0.3, 0.4) is 0 Å². The lowest BCUT2D eigenvalue weighted by atomic mass is 10.3. The third-order valence-corrected chi connectivity index (χ3v) is 1.41. The van der Waals surface area contributed by atoms with Gasteiger partial charge in [-0.25, -0.2) is 4.98 Å². The van der Waals surface area contributed by atoms with Crippen molar-refractivity contribution in [1.29, 1.82) is 0 Å². The smallest absolute Gasteiger partial charge is 0.225 e. The topological polar surface area (TPSA) is 42.0 Å². The van der Waals surface area contributed by atoms with Crippen molar-refractivity contribution in [3.8, 4) is 0 Å². The van der Waals surface area contributed by atoms with Crippen LogP contribution in [0.1, 0.15) is 21.2 Å². The first-order valence-corrected chi connectivity index (χ1v) is 4.04. The van der Waals surface area contributed by atoms with Gasteiger partial charge in [-0.3, -0.25) is 4.79 Å². The van der Waals surface area contributed by atoms with Crippen LogP contribution in [0.25, 0.3) is 0 Å². The minimum absolute atomic E-state index is 0. The molecular formula is C9H14N2O. The van der Waals surface area contributed by atoms with Crippen LogP contribution in [0, 0.1) is 0 Å². The molecule has 0 aliphatic rings. The number of carbonyl (C=O) groups is 1. The molecule has 66 valence electrons. The highest BCUT2D eigenvalue weighted by Gasteiger charge is 1.99. The lowest BCUT2D eigenvalue weighted by molar-refractivity contribution is -0.116. The van der Waals surface area contributed by atoms with E-state index in [9.17, 15) is 4.79 Å². The maximum Gasteiger partial charge on any atom is 0.225 e. The summed E-state index contributed by atoms with van der Waals surface area (Å²) in [6, 6.07) is 5.43. The number of hydrogen-bond acceptors (Lipinski definition) is 2. The van der Waals surface area contributed by atoms with Gasteiger partial charge in [0.25, 0.3) is 0 Å². The first-order chi connectivity index (χ1) is 5.83. The van der Waals surface area contributed by atoms with Crippen molar-refractivity contribution in [3.63, 3.8) is 0 Å². The van der Waals surface area contributed by atoms with Gasteiger partial charge in [-0.05, 0) is 18.6 Å². The molecule has 0 fully saturated rings. The Balaban J connectivity index is 0.00000144. The minimum atomic E-state index is 0. The summed E-state index contributed by atoms with van der Waals surface area (Å²) in [6.07, 6.45) is 3.07. The number of aromatic nitrogens is 1. The second-order valence-electron chi connectivity index (χ2n) is 2.51. The van der Waals surface area contributed by atoms with Crippen molar-refractivity contribution in [1.82, 2.24) is 4.98 Å². The van der Waals surface area contributed by atoms with Crippen LogP contribution in [0.4, 0.5) is 5.82 Å². The van der Waals surface area contributed by atoms with E-state index in [1.165, 1.54) is 0 Å². The van der Waals surface area contributed by atoms with Gasteiger partial charge in [-0.1, -0.05) is 13.0 Å². The Morgan fingerprint density at radius 2 is 2.50 bits per heavy atom. The summed E-state index contributed by atoms with van der Waals surface area (Å²) < 4.78 is 0. The minimum Gasteiger partial charge on any atom is -0.311 e. The fourth-order valence-corrected chi connectivity index (χ4v) is 0.869. The van der Waals surface area contributed by atoms with E-state index in [-0.39, 0.29) is 7.33 Å². The zero-order chi connectivity index (χ0) is 8.81. The van der Waals surface area contributed by atoms with E-state index in [4.69, 9.17) is 0 Å². The molecule has 3 nitrogen and oxygen atoms in total. The van der Waals surface area contributed by atoms with Crippen LogP contribution in [-0.4, -0.2) is 10.9 Å². The molecule has 0 aromatic carbocycles. The molecule has 0 spiro atoms. The van der Waals surface area contributed by atoms with Gasteiger partial charge < -0.3 is 5.32 Å². The molecule has 0 bridgehead atoms. The van der Waals surface area contributed by atoms with E-state index in [0.717, 1.165) is 6.42 Å². The van der Waals surface area contributed by atoms with Gasteiger partial charge in [0.15, 0.2) is 0 Å². The van der Waals surface area contributed by atoms with Crippen molar-refractivity contribution in [2.45, 2.75) is 19.8 Å². The number of amides is 1. The number of anilines is 1. The van der Waals surface area contributed by atoms with Crippen molar-refractivity contribution in [2.24, 2.45) is 0 Å². The van der Waals surface area contributed by atoms with Gasteiger partial charge in [0.1, 0.15) is 5.82 Å².